The molecule has 0 atom stereocenters. The molecule has 1 aliphatic heterocycles. The average molecular weight is 250 g/mol. The highest BCUT2D eigenvalue weighted by Crippen LogP contribution is 2.38. The Bertz CT molecular complexity index is 486. The maximum atomic E-state index is 11.1. The van der Waals surface area contributed by atoms with Crippen molar-refractivity contribution in [2.24, 2.45) is 5.10 Å². The van der Waals surface area contributed by atoms with E-state index in [9.17, 15) is 4.79 Å². The minimum atomic E-state index is -0.126. The largest absolute Gasteiger partial charge is 0.493 e. The number of benzene rings is 1. The van der Waals surface area contributed by atoms with Gasteiger partial charge < -0.3 is 14.2 Å². The van der Waals surface area contributed by atoms with E-state index >= 15 is 0 Å². The number of methoxy groups -OCH3 is 3. The van der Waals surface area contributed by atoms with Crippen LogP contribution in [0.25, 0.3) is 0 Å². The Balaban J connectivity index is 2.47. The standard InChI is InChI=1S/C12H14N2O4/c1-16-9-4-7(8-6-11(15)14-13-8)5-10(17-2)12(9)18-3/h4-5H,6H2,1-3H3,(H,14,15). The van der Waals surface area contributed by atoms with E-state index < -0.39 is 0 Å². The maximum Gasteiger partial charge on any atom is 0.246 e. The van der Waals surface area contributed by atoms with Gasteiger partial charge in [-0.3, -0.25) is 4.79 Å². The van der Waals surface area contributed by atoms with Crippen LogP contribution in [-0.4, -0.2) is 32.9 Å². The van der Waals surface area contributed by atoms with E-state index in [1.165, 1.54) is 7.11 Å². The first-order valence-electron chi connectivity index (χ1n) is 5.35. The highest BCUT2D eigenvalue weighted by molar-refractivity contribution is 6.14. The highest BCUT2D eigenvalue weighted by atomic mass is 16.5. The van der Waals surface area contributed by atoms with Crippen molar-refractivity contribution in [3.8, 4) is 17.2 Å². The fourth-order valence-corrected chi connectivity index (χ4v) is 1.78. The van der Waals surface area contributed by atoms with Crippen molar-refractivity contribution in [1.82, 2.24) is 5.43 Å². The van der Waals surface area contributed by atoms with Gasteiger partial charge in [-0.2, -0.15) is 5.10 Å². The summed E-state index contributed by atoms with van der Waals surface area (Å²) in [4.78, 5) is 11.1. The highest BCUT2D eigenvalue weighted by Gasteiger charge is 2.20. The maximum absolute atomic E-state index is 11.1. The summed E-state index contributed by atoms with van der Waals surface area (Å²) in [5.41, 5.74) is 3.83. The monoisotopic (exact) mass is 250 g/mol. The summed E-state index contributed by atoms with van der Waals surface area (Å²) >= 11 is 0. The third-order valence-corrected chi connectivity index (χ3v) is 2.64. The van der Waals surface area contributed by atoms with Gasteiger partial charge in [0, 0.05) is 5.56 Å². The van der Waals surface area contributed by atoms with Crippen molar-refractivity contribution in [2.45, 2.75) is 6.42 Å². The second kappa shape index (κ2) is 4.95. The molecular formula is C12H14N2O4. The summed E-state index contributed by atoms with van der Waals surface area (Å²) in [7, 11) is 4.63. The quantitative estimate of drug-likeness (QED) is 0.863. The van der Waals surface area contributed by atoms with Crippen LogP contribution in [0.3, 0.4) is 0 Å². The number of ether oxygens (including phenoxy) is 3. The number of amides is 1. The van der Waals surface area contributed by atoms with Gasteiger partial charge in [0.1, 0.15) is 0 Å². The van der Waals surface area contributed by atoms with Crippen molar-refractivity contribution in [2.75, 3.05) is 21.3 Å². The first-order chi connectivity index (χ1) is 8.69. The molecule has 1 amide bonds. The van der Waals surface area contributed by atoms with Crippen LogP contribution in [0.15, 0.2) is 17.2 Å². The number of carbonyl (C=O) groups is 1. The minimum Gasteiger partial charge on any atom is -0.493 e. The van der Waals surface area contributed by atoms with Gasteiger partial charge in [0.2, 0.25) is 11.7 Å². The van der Waals surface area contributed by atoms with Crippen LogP contribution in [0.1, 0.15) is 12.0 Å². The first-order valence-corrected chi connectivity index (χ1v) is 5.35. The summed E-state index contributed by atoms with van der Waals surface area (Å²) in [5.74, 6) is 1.46. The van der Waals surface area contributed by atoms with E-state index in [0.717, 1.165) is 5.56 Å². The molecule has 0 saturated heterocycles. The van der Waals surface area contributed by atoms with Crippen LogP contribution in [0.5, 0.6) is 17.2 Å². The Labute approximate surface area is 105 Å². The normalized spacial score (nSPS) is 13.9. The van der Waals surface area contributed by atoms with Crippen LogP contribution < -0.4 is 19.6 Å². The number of rotatable bonds is 4. The van der Waals surface area contributed by atoms with Crippen LogP contribution in [0.2, 0.25) is 0 Å². The van der Waals surface area contributed by atoms with Gasteiger partial charge in [-0.1, -0.05) is 0 Å². The molecule has 6 nitrogen and oxygen atoms in total. The van der Waals surface area contributed by atoms with Gasteiger partial charge in [0.05, 0.1) is 33.5 Å². The lowest BCUT2D eigenvalue weighted by Gasteiger charge is -2.13. The van der Waals surface area contributed by atoms with Crippen molar-refractivity contribution in [3.63, 3.8) is 0 Å². The molecule has 0 spiro atoms. The van der Waals surface area contributed by atoms with Crippen LogP contribution in [0, 0.1) is 0 Å². The molecule has 6 heteroatoms. The van der Waals surface area contributed by atoms with Crippen molar-refractivity contribution in [1.29, 1.82) is 0 Å². The molecule has 0 aliphatic carbocycles. The van der Waals surface area contributed by atoms with E-state index in [1.54, 1.807) is 26.4 Å². The molecule has 0 bridgehead atoms. The number of hydrogen-bond donors (Lipinski definition) is 1. The molecule has 18 heavy (non-hydrogen) atoms. The molecular weight excluding hydrogens is 236 g/mol. The zero-order valence-corrected chi connectivity index (χ0v) is 10.4. The lowest BCUT2D eigenvalue weighted by Crippen LogP contribution is -2.09. The first kappa shape index (κ1) is 12.2. The van der Waals surface area contributed by atoms with E-state index in [4.69, 9.17) is 14.2 Å². The second-order valence-electron chi connectivity index (χ2n) is 3.68. The third kappa shape index (κ3) is 2.09. The average Bonchev–Trinajstić information content (AvgIpc) is 2.83. The summed E-state index contributed by atoms with van der Waals surface area (Å²) in [5, 5.41) is 3.96. The number of carbonyl (C=O) groups excluding carboxylic acids is 1. The van der Waals surface area contributed by atoms with E-state index in [0.29, 0.717) is 23.0 Å². The molecule has 1 heterocycles. The SMILES string of the molecule is COc1cc(C2=NNC(=O)C2)cc(OC)c1OC. The second-order valence-corrected chi connectivity index (χ2v) is 3.68. The third-order valence-electron chi connectivity index (χ3n) is 2.64. The molecule has 0 radical (unpaired) electrons. The Kier molecular flexibility index (Phi) is 3.36. The van der Waals surface area contributed by atoms with Crippen molar-refractivity contribution < 1.29 is 19.0 Å². The van der Waals surface area contributed by atoms with Crippen LogP contribution in [-0.2, 0) is 4.79 Å². The Morgan fingerprint density at radius 1 is 1.11 bits per heavy atom. The Hall–Kier alpha value is -2.24. The molecule has 0 fully saturated rings. The van der Waals surface area contributed by atoms with Crippen LogP contribution >= 0.6 is 0 Å². The van der Waals surface area contributed by atoms with Gasteiger partial charge in [0.15, 0.2) is 11.5 Å². The fourth-order valence-electron chi connectivity index (χ4n) is 1.78. The molecule has 0 aromatic heterocycles. The molecule has 1 N–H and O–H groups in total. The number of hydrazone groups is 1. The summed E-state index contributed by atoms with van der Waals surface area (Å²) in [6.45, 7) is 0. The number of hydrogen-bond acceptors (Lipinski definition) is 5. The zero-order chi connectivity index (χ0) is 13.1. The number of nitrogens with one attached hydrogen (secondary N) is 1. The van der Waals surface area contributed by atoms with Gasteiger partial charge in [-0.25, -0.2) is 5.43 Å². The molecule has 0 saturated carbocycles. The molecule has 1 aliphatic rings. The smallest absolute Gasteiger partial charge is 0.246 e. The molecule has 0 unspecified atom stereocenters. The molecule has 2 rings (SSSR count). The van der Waals surface area contributed by atoms with E-state index in [-0.39, 0.29) is 12.3 Å². The van der Waals surface area contributed by atoms with Gasteiger partial charge >= 0.3 is 0 Å². The predicted octanol–water partition coefficient (Wildman–Crippen LogP) is 0.936. The molecule has 96 valence electrons. The Morgan fingerprint density at radius 3 is 2.11 bits per heavy atom. The summed E-state index contributed by atoms with van der Waals surface area (Å²) in [6, 6.07) is 3.53. The van der Waals surface area contributed by atoms with E-state index in [2.05, 4.69) is 10.5 Å². The molecule has 1 aromatic carbocycles. The van der Waals surface area contributed by atoms with Gasteiger partial charge in [0.25, 0.3) is 0 Å². The zero-order valence-electron chi connectivity index (χ0n) is 10.4. The summed E-state index contributed by atoms with van der Waals surface area (Å²) in [6.07, 6.45) is 0.249. The molecule has 1 aromatic rings. The fraction of sp³-hybridized carbons (Fsp3) is 0.333. The predicted molar refractivity (Wildman–Crippen MR) is 65.4 cm³/mol. The lowest BCUT2D eigenvalue weighted by molar-refractivity contribution is -0.119. The van der Waals surface area contributed by atoms with Crippen LogP contribution in [0.4, 0.5) is 0 Å². The number of nitrogens with zero attached hydrogens (tertiary/aromatic N) is 1. The van der Waals surface area contributed by atoms with Crippen molar-refractivity contribution in [3.05, 3.63) is 17.7 Å². The summed E-state index contributed by atoms with van der Waals surface area (Å²) < 4.78 is 15.7. The minimum absolute atomic E-state index is 0.126. The van der Waals surface area contributed by atoms with Crippen molar-refractivity contribution >= 4 is 11.6 Å². The Morgan fingerprint density at radius 2 is 1.72 bits per heavy atom. The topological polar surface area (TPSA) is 69.2 Å². The van der Waals surface area contributed by atoms with E-state index in [1.807, 2.05) is 0 Å². The lowest BCUT2D eigenvalue weighted by atomic mass is 10.1. The van der Waals surface area contributed by atoms with Gasteiger partial charge in [-0.05, 0) is 12.1 Å². The van der Waals surface area contributed by atoms with Gasteiger partial charge in [-0.15, -0.1) is 0 Å².